The molecule has 7 nitrogen and oxygen atoms in total. The third kappa shape index (κ3) is 4.89. The fraction of sp³-hybridized carbons (Fsp3) is 0.231. The maximum absolute atomic E-state index is 14.5. The molecule has 1 fully saturated rings. The van der Waals surface area contributed by atoms with Gasteiger partial charge in [0, 0.05) is 17.4 Å². The van der Waals surface area contributed by atoms with Crippen LogP contribution in [0.1, 0.15) is 51.7 Å². The summed E-state index contributed by atoms with van der Waals surface area (Å²) in [5, 5.41) is 21.4. The Morgan fingerprint density at radius 1 is 1.18 bits per heavy atom. The van der Waals surface area contributed by atoms with Crippen LogP contribution in [0.4, 0.5) is 10.1 Å². The molecule has 0 saturated heterocycles. The SMILES string of the molecule is Cc1ncc(-c2ccc(F)c(C(=O)Nc3ccc(OC(C)C4CC4)c(C#N)c3)c2)cc1C(=O)O. The van der Waals surface area contributed by atoms with Crippen LogP contribution < -0.4 is 10.1 Å². The Kier molecular flexibility index (Phi) is 6.28. The summed E-state index contributed by atoms with van der Waals surface area (Å²) in [6.07, 6.45) is 3.69. The van der Waals surface area contributed by atoms with Gasteiger partial charge in [0.25, 0.3) is 5.91 Å². The van der Waals surface area contributed by atoms with Crippen molar-refractivity contribution in [1.82, 2.24) is 4.98 Å². The molecule has 1 atom stereocenters. The second-order valence-electron chi connectivity index (χ2n) is 8.29. The predicted octanol–water partition coefficient (Wildman–Crippen LogP) is 5.20. The smallest absolute Gasteiger partial charge is 0.337 e. The molecule has 3 aromatic rings. The highest BCUT2D eigenvalue weighted by Crippen LogP contribution is 2.35. The van der Waals surface area contributed by atoms with E-state index in [-0.39, 0.29) is 22.8 Å². The number of carboxylic acid groups (broad SMARTS) is 1. The van der Waals surface area contributed by atoms with Crippen LogP contribution in [0.15, 0.2) is 48.7 Å². The van der Waals surface area contributed by atoms with Gasteiger partial charge < -0.3 is 15.2 Å². The molecule has 2 aromatic carbocycles. The summed E-state index contributed by atoms with van der Waals surface area (Å²) in [4.78, 5) is 28.3. The zero-order valence-electron chi connectivity index (χ0n) is 18.6. The first-order chi connectivity index (χ1) is 16.3. The molecule has 0 bridgehead atoms. The average molecular weight is 459 g/mol. The topological polar surface area (TPSA) is 112 Å². The molecule has 1 aromatic heterocycles. The number of nitriles is 1. The van der Waals surface area contributed by atoms with Crippen molar-refractivity contribution in [2.75, 3.05) is 5.32 Å². The third-order valence-electron chi connectivity index (χ3n) is 5.82. The number of hydrogen-bond acceptors (Lipinski definition) is 5. The molecule has 0 aliphatic heterocycles. The van der Waals surface area contributed by atoms with E-state index in [2.05, 4.69) is 16.4 Å². The van der Waals surface area contributed by atoms with Crippen LogP contribution in [-0.2, 0) is 0 Å². The summed E-state index contributed by atoms with van der Waals surface area (Å²) >= 11 is 0. The van der Waals surface area contributed by atoms with E-state index in [1.807, 2.05) is 6.92 Å². The number of pyridine rings is 1. The molecule has 1 heterocycles. The molecular weight excluding hydrogens is 437 g/mol. The highest BCUT2D eigenvalue weighted by molar-refractivity contribution is 6.05. The number of aromatic nitrogens is 1. The van der Waals surface area contributed by atoms with E-state index in [4.69, 9.17) is 4.74 Å². The second kappa shape index (κ2) is 9.32. The zero-order chi connectivity index (χ0) is 24.4. The van der Waals surface area contributed by atoms with E-state index in [1.54, 1.807) is 19.1 Å². The molecule has 4 rings (SSSR count). The number of carbonyl (C=O) groups excluding carboxylic acids is 1. The van der Waals surface area contributed by atoms with Crippen molar-refractivity contribution in [2.24, 2.45) is 5.92 Å². The lowest BCUT2D eigenvalue weighted by molar-refractivity contribution is 0.0695. The third-order valence-corrected chi connectivity index (χ3v) is 5.82. The van der Waals surface area contributed by atoms with Gasteiger partial charge >= 0.3 is 5.97 Å². The van der Waals surface area contributed by atoms with Crippen molar-refractivity contribution in [2.45, 2.75) is 32.8 Å². The number of carboxylic acids is 1. The van der Waals surface area contributed by atoms with Crippen LogP contribution in [0.3, 0.4) is 0 Å². The van der Waals surface area contributed by atoms with E-state index in [0.717, 1.165) is 18.9 Å². The van der Waals surface area contributed by atoms with Crippen molar-refractivity contribution in [1.29, 1.82) is 5.26 Å². The van der Waals surface area contributed by atoms with Crippen molar-refractivity contribution < 1.29 is 23.8 Å². The average Bonchev–Trinajstić information content (AvgIpc) is 3.66. The van der Waals surface area contributed by atoms with Crippen LogP contribution in [0.2, 0.25) is 0 Å². The molecule has 172 valence electrons. The van der Waals surface area contributed by atoms with E-state index < -0.39 is 17.7 Å². The number of aryl methyl sites for hydroxylation is 1. The second-order valence-corrected chi connectivity index (χ2v) is 8.29. The van der Waals surface area contributed by atoms with Gasteiger partial charge in [-0.3, -0.25) is 9.78 Å². The number of hydrogen-bond donors (Lipinski definition) is 2. The van der Waals surface area contributed by atoms with Crippen LogP contribution in [0.25, 0.3) is 11.1 Å². The Bertz CT molecular complexity index is 1330. The van der Waals surface area contributed by atoms with Gasteiger partial charge in [-0.15, -0.1) is 0 Å². The van der Waals surface area contributed by atoms with Gasteiger partial charge in [0.15, 0.2) is 0 Å². The summed E-state index contributed by atoms with van der Waals surface area (Å²) in [7, 11) is 0. The normalized spacial score (nSPS) is 13.6. The van der Waals surface area contributed by atoms with E-state index >= 15 is 0 Å². The standard InChI is InChI=1S/C26H22FN3O4/c1-14-21(26(32)33)11-19(13-29-14)17-5-7-23(27)22(10-17)25(31)30-20-6-8-24(18(9-20)12-28)34-15(2)16-3-4-16/h5-11,13,15-16H,3-4H2,1-2H3,(H,30,31)(H,32,33). The molecule has 1 amide bonds. The highest BCUT2D eigenvalue weighted by Gasteiger charge is 2.30. The Hall–Kier alpha value is -4.25. The van der Waals surface area contributed by atoms with Gasteiger partial charge in [-0.1, -0.05) is 6.07 Å². The highest BCUT2D eigenvalue weighted by atomic mass is 19.1. The molecule has 1 saturated carbocycles. The van der Waals surface area contributed by atoms with Gasteiger partial charge in [0.05, 0.1) is 28.5 Å². The fourth-order valence-corrected chi connectivity index (χ4v) is 3.64. The summed E-state index contributed by atoms with van der Waals surface area (Å²) < 4.78 is 20.4. The molecule has 8 heteroatoms. The largest absolute Gasteiger partial charge is 0.489 e. The molecule has 34 heavy (non-hydrogen) atoms. The van der Waals surface area contributed by atoms with Gasteiger partial charge in [-0.25, -0.2) is 9.18 Å². The number of carbonyl (C=O) groups is 2. The van der Waals surface area contributed by atoms with Crippen LogP contribution >= 0.6 is 0 Å². The molecule has 1 unspecified atom stereocenters. The number of benzene rings is 2. The van der Waals surface area contributed by atoms with E-state index in [1.165, 1.54) is 30.5 Å². The van der Waals surface area contributed by atoms with E-state index in [9.17, 15) is 24.3 Å². The molecule has 2 N–H and O–H groups in total. The Morgan fingerprint density at radius 2 is 1.91 bits per heavy atom. The molecule has 1 aliphatic carbocycles. The quantitative estimate of drug-likeness (QED) is 0.502. The Labute approximate surface area is 195 Å². The Balaban J connectivity index is 1.57. The first-order valence-corrected chi connectivity index (χ1v) is 10.8. The number of aromatic carboxylic acids is 1. The van der Waals surface area contributed by atoms with Crippen molar-refractivity contribution >= 4 is 17.6 Å². The minimum Gasteiger partial charge on any atom is -0.489 e. The number of ether oxygens (including phenoxy) is 1. The summed E-state index contributed by atoms with van der Waals surface area (Å²) in [5.41, 5.74) is 1.62. The van der Waals surface area contributed by atoms with Gasteiger partial charge in [0.1, 0.15) is 17.6 Å². The molecule has 1 aliphatic rings. The summed E-state index contributed by atoms with van der Waals surface area (Å²) in [6, 6.07) is 12.1. The van der Waals surface area contributed by atoms with Crippen molar-refractivity contribution in [3.05, 3.63) is 76.9 Å². The van der Waals surface area contributed by atoms with Gasteiger partial charge in [-0.2, -0.15) is 5.26 Å². The first-order valence-electron chi connectivity index (χ1n) is 10.8. The van der Waals surface area contributed by atoms with Gasteiger partial charge in [-0.05, 0) is 74.6 Å². The summed E-state index contributed by atoms with van der Waals surface area (Å²) in [5.74, 6) is -1.63. The van der Waals surface area contributed by atoms with Crippen LogP contribution in [-0.4, -0.2) is 28.1 Å². The maximum atomic E-state index is 14.5. The lowest BCUT2D eigenvalue weighted by Gasteiger charge is -2.16. The van der Waals surface area contributed by atoms with Gasteiger partial charge in [0.2, 0.25) is 0 Å². The first kappa shape index (κ1) is 22.9. The monoisotopic (exact) mass is 459 g/mol. The zero-order valence-corrected chi connectivity index (χ0v) is 18.6. The predicted molar refractivity (Wildman–Crippen MR) is 123 cm³/mol. The molecule has 0 radical (unpaired) electrons. The minimum atomic E-state index is -1.13. The number of halogens is 1. The number of anilines is 1. The minimum absolute atomic E-state index is 0.00211. The molecule has 0 spiro atoms. The van der Waals surface area contributed by atoms with Crippen LogP contribution in [0.5, 0.6) is 5.75 Å². The number of rotatable bonds is 7. The Morgan fingerprint density at radius 3 is 2.59 bits per heavy atom. The molecular formula is C26H22FN3O4. The lowest BCUT2D eigenvalue weighted by Crippen LogP contribution is -2.16. The fourth-order valence-electron chi connectivity index (χ4n) is 3.64. The number of nitrogens with zero attached hydrogens (tertiary/aromatic N) is 2. The van der Waals surface area contributed by atoms with Crippen LogP contribution in [0, 0.1) is 30.0 Å². The lowest BCUT2D eigenvalue weighted by atomic mass is 10.0. The maximum Gasteiger partial charge on any atom is 0.337 e. The summed E-state index contributed by atoms with van der Waals surface area (Å²) in [6.45, 7) is 3.54. The van der Waals surface area contributed by atoms with E-state index in [0.29, 0.717) is 34.2 Å². The number of amides is 1. The van der Waals surface area contributed by atoms with Crippen molar-refractivity contribution in [3.8, 4) is 22.9 Å². The number of nitrogens with one attached hydrogen (secondary N) is 1. The van der Waals surface area contributed by atoms with Crippen molar-refractivity contribution in [3.63, 3.8) is 0 Å².